The summed E-state index contributed by atoms with van der Waals surface area (Å²) < 4.78 is 0. The predicted molar refractivity (Wildman–Crippen MR) is 97.8 cm³/mol. The minimum atomic E-state index is 0.705. The third-order valence-electron chi connectivity index (χ3n) is 3.64. The van der Waals surface area contributed by atoms with Crippen LogP contribution in [0.25, 0.3) is 0 Å². The van der Waals surface area contributed by atoms with Crippen molar-refractivity contribution in [3.8, 4) is 0 Å². The van der Waals surface area contributed by atoms with Crippen LogP contribution in [0.2, 0.25) is 0 Å². The van der Waals surface area contributed by atoms with Crippen LogP contribution in [0, 0.1) is 6.67 Å². The van der Waals surface area contributed by atoms with Crippen LogP contribution < -0.4 is 15.3 Å². The highest BCUT2D eigenvalue weighted by Crippen LogP contribution is 2.25. The fourth-order valence-corrected chi connectivity index (χ4v) is 2.48. The highest BCUT2D eigenvalue weighted by molar-refractivity contribution is 6.02. The van der Waals surface area contributed by atoms with Gasteiger partial charge in [-0.15, -0.1) is 0 Å². The molecule has 1 aliphatic heterocycles. The number of hydrogen-bond acceptors (Lipinski definition) is 2. The summed E-state index contributed by atoms with van der Waals surface area (Å²) in [6, 6.07) is 30.0. The van der Waals surface area contributed by atoms with Crippen molar-refractivity contribution < 1.29 is 0 Å². The molecule has 4 rings (SSSR count). The van der Waals surface area contributed by atoms with Crippen molar-refractivity contribution in [2.45, 2.75) is 0 Å². The second-order valence-electron chi connectivity index (χ2n) is 5.32. The van der Waals surface area contributed by atoms with Gasteiger partial charge in [0.05, 0.1) is 11.4 Å². The monoisotopic (exact) mass is 312 g/mol. The van der Waals surface area contributed by atoms with Crippen molar-refractivity contribution in [1.82, 2.24) is 5.43 Å². The number of nitrogens with zero attached hydrogens (tertiary/aromatic N) is 3. The minimum absolute atomic E-state index is 0.705. The topological polar surface area (TPSA) is 30.9 Å². The molecule has 3 aromatic rings. The molecular formula is C20H16N4. The fraction of sp³-hybridized carbons (Fsp3) is 0. The quantitative estimate of drug-likeness (QED) is 0.786. The molecule has 1 fully saturated rings. The number of anilines is 2. The van der Waals surface area contributed by atoms with Crippen LogP contribution in [0.1, 0.15) is 0 Å². The van der Waals surface area contributed by atoms with Gasteiger partial charge in [0.1, 0.15) is 0 Å². The highest BCUT2D eigenvalue weighted by Gasteiger charge is 2.28. The summed E-state index contributed by atoms with van der Waals surface area (Å²) >= 11 is 0. The molecule has 0 saturated carbocycles. The van der Waals surface area contributed by atoms with Gasteiger partial charge in [0.25, 0.3) is 0 Å². The van der Waals surface area contributed by atoms with Crippen LogP contribution in [0.3, 0.4) is 0 Å². The first-order valence-electron chi connectivity index (χ1n) is 7.77. The first kappa shape index (κ1) is 14.3. The molecule has 0 spiro atoms. The third kappa shape index (κ3) is 2.94. The lowest BCUT2D eigenvalue weighted by molar-refractivity contribution is 0.927. The molecule has 0 unspecified atom stereocenters. The van der Waals surface area contributed by atoms with Crippen LogP contribution in [-0.4, -0.2) is 5.96 Å². The zero-order chi connectivity index (χ0) is 16.2. The lowest BCUT2D eigenvalue weighted by Gasteiger charge is -2.15. The Labute approximate surface area is 141 Å². The van der Waals surface area contributed by atoms with E-state index in [-0.39, 0.29) is 0 Å². The van der Waals surface area contributed by atoms with Gasteiger partial charge in [0, 0.05) is 5.69 Å². The zero-order valence-corrected chi connectivity index (χ0v) is 13.0. The normalized spacial score (nSPS) is 15.6. The van der Waals surface area contributed by atoms with E-state index in [1.54, 1.807) is 0 Å². The summed E-state index contributed by atoms with van der Waals surface area (Å²) in [4.78, 5) is 6.64. The number of guanidine groups is 1. The average molecular weight is 312 g/mol. The molecule has 0 amide bonds. The van der Waals surface area contributed by atoms with Crippen molar-refractivity contribution in [3.63, 3.8) is 0 Å². The maximum atomic E-state index is 4.72. The maximum Gasteiger partial charge on any atom is 0.237 e. The smallest absolute Gasteiger partial charge is 0.237 e. The van der Waals surface area contributed by atoms with E-state index in [0.717, 1.165) is 17.1 Å². The van der Waals surface area contributed by atoms with E-state index >= 15 is 0 Å². The van der Waals surface area contributed by atoms with E-state index in [1.807, 2.05) is 101 Å². The van der Waals surface area contributed by atoms with E-state index in [4.69, 9.17) is 4.99 Å². The van der Waals surface area contributed by atoms with Crippen LogP contribution in [0.5, 0.6) is 0 Å². The summed E-state index contributed by atoms with van der Waals surface area (Å²) in [6.45, 7) is 3.32. The van der Waals surface area contributed by atoms with E-state index in [0.29, 0.717) is 5.96 Å². The summed E-state index contributed by atoms with van der Waals surface area (Å²) in [7, 11) is 0. The summed E-state index contributed by atoms with van der Waals surface area (Å²) in [6.07, 6.45) is 0. The molecule has 4 heteroatoms. The van der Waals surface area contributed by atoms with E-state index in [2.05, 4.69) is 12.1 Å². The molecule has 4 nitrogen and oxygen atoms in total. The zero-order valence-electron chi connectivity index (χ0n) is 13.0. The molecule has 116 valence electrons. The standard InChI is InChI=1S/C20H16N4/c1-4-10-17(11-5-1)21-20-22-24(19-14-8-3-9-15-19)16-23(20)18-12-6-2-7-13-18/h1-15H,(H,21,22). The van der Waals surface area contributed by atoms with Crippen molar-refractivity contribution in [3.05, 3.63) is 97.7 Å². The Balaban J connectivity index is 1.70. The molecule has 1 N–H and O–H groups in total. The largest absolute Gasteiger partial charge is 0.277 e. The lowest BCUT2D eigenvalue weighted by atomic mass is 10.3. The molecule has 1 aliphatic rings. The van der Waals surface area contributed by atoms with Crippen molar-refractivity contribution in [2.24, 2.45) is 4.99 Å². The number of rotatable bonds is 3. The van der Waals surface area contributed by atoms with Crippen molar-refractivity contribution in [2.75, 3.05) is 9.91 Å². The van der Waals surface area contributed by atoms with Gasteiger partial charge < -0.3 is 0 Å². The molecule has 0 aliphatic carbocycles. The molecule has 0 aromatic heterocycles. The fourth-order valence-electron chi connectivity index (χ4n) is 2.48. The molecule has 24 heavy (non-hydrogen) atoms. The Hall–Kier alpha value is -3.27. The number of benzene rings is 3. The van der Waals surface area contributed by atoms with E-state index < -0.39 is 0 Å². The molecule has 0 atom stereocenters. The first-order valence-corrected chi connectivity index (χ1v) is 7.77. The van der Waals surface area contributed by atoms with E-state index in [1.165, 1.54) is 0 Å². The Kier molecular flexibility index (Phi) is 3.86. The Morgan fingerprint density at radius 1 is 0.667 bits per heavy atom. The van der Waals surface area contributed by atoms with Gasteiger partial charge in [0.2, 0.25) is 12.6 Å². The lowest BCUT2D eigenvalue weighted by Crippen LogP contribution is -2.33. The Morgan fingerprint density at radius 2 is 1.21 bits per heavy atom. The second-order valence-corrected chi connectivity index (χ2v) is 5.32. The SMILES string of the molecule is [C]1N(c2ccccc2)NC(=Nc2ccccc2)N1c1ccccc1. The number of hydrogen-bond donors (Lipinski definition) is 1. The Morgan fingerprint density at radius 3 is 1.83 bits per heavy atom. The van der Waals surface area contributed by atoms with Crippen LogP contribution in [-0.2, 0) is 0 Å². The minimum Gasteiger partial charge on any atom is -0.277 e. The van der Waals surface area contributed by atoms with Gasteiger partial charge in [-0.1, -0.05) is 54.6 Å². The molecule has 2 radical (unpaired) electrons. The van der Waals surface area contributed by atoms with E-state index in [9.17, 15) is 0 Å². The van der Waals surface area contributed by atoms with Gasteiger partial charge in [-0.05, 0) is 36.4 Å². The van der Waals surface area contributed by atoms with Crippen molar-refractivity contribution >= 4 is 23.0 Å². The van der Waals surface area contributed by atoms with Gasteiger partial charge in [0.15, 0.2) is 0 Å². The number of para-hydroxylation sites is 3. The summed E-state index contributed by atoms with van der Waals surface area (Å²) in [5, 5.41) is 1.84. The van der Waals surface area contributed by atoms with Gasteiger partial charge in [-0.25, -0.2) is 10.0 Å². The molecule has 0 bridgehead atoms. The third-order valence-corrected chi connectivity index (χ3v) is 3.64. The van der Waals surface area contributed by atoms with Gasteiger partial charge >= 0.3 is 0 Å². The molecule has 1 saturated heterocycles. The molecular weight excluding hydrogens is 296 g/mol. The Bertz CT molecular complexity index is 816. The van der Waals surface area contributed by atoms with Crippen LogP contribution in [0.15, 0.2) is 96.0 Å². The van der Waals surface area contributed by atoms with Crippen molar-refractivity contribution in [1.29, 1.82) is 0 Å². The van der Waals surface area contributed by atoms with Crippen LogP contribution in [0.4, 0.5) is 17.1 Å². The van der Waals surface area contributed by atoms with Gasteiger partial charge in [-0.3, -0.25) is 10.3 Å². The van der Waals surface area contributed by atoms with Gasteiger partial charge in [-0.2, -0.15) is 0 Å². The number of hydrazine groups is 1. The predicted octanol–water partition coefficient (Wildman–Crippen LogP) is 4.20. The second kappa shape index (κ2) is 6.46. The number of nitrogens with one attached hydrogen (secondary N) is 1. The number of aliphatic imine (C=N–C) groups is 1. The molecule has 1 heterocycles. The average Bonchev–Trinajstić information content (AvgIpc) is 3.08. The maximum absolute atomic E-state index is 4.72. The highest BCUT2D eigenvalue weighted by atomic mass is 15.7. The molecule has 3 aromatic carbocycles. The first-order chi connectivity index (χ1) is 11.9. The summed E-state index contributed by atoms with van der Waals surface area (Å²) in [5.74, 6) is 0.705. The summed E-state index contributed by atoms with van der Waals surface area (Å²) in [5.41, 5.74) is 6.18. The van der Waals surface area contributed by atoms with Crippen LogP contribution >= 0.6 is 0 Å².